The lowest BCUT2D eigenvalue weighted by Gasteiger charge is -2.22. The Bertz CT molecular complexity index is 1160. The molecule has 0 N–H and O–H groups in total. The van der Waals surface area contributed by atoms with E-state index in [1.165, 1.54) is 14.2 Å². The molecule has 1 aliphatic heterocycles. The lowest BCUT2D eigenvalue weighted by Crippen LogP contribution is -2.17. The van der Waals surface area contributed by atoms with E-state index in [2.05, 4.69) is 11.7 Å². The van der Waals surface area contributed by atoms with Crippen molar-refractivity contribution in [2.24, 2.45) is 0 Å². The van der Waals surface area contributed by atoms with Gasteiger partial charge in [0.15, 0.2) is 5.78 Å². The fourth-order valence-corrected chi connectivity index (χ4v) is 4.55. The van der Waals surface area contributed by atoms with Gasteiger partial charge in [-0.1, -0.05) is 19.4 Å². The predicted molar refractivity (Wildman–Crippen MR) is 153 cm³/mol. The van der Waals surface area contributed by atoms with Crippen molar-refractivity contribution < 1.29 is 42.8 Å². The topological polar surface area (TPSA) is 107 Å². The molecule has 0 aliphatic carbocycles. The highest BCUT2D eigenvalue weighted by Crippen LogP contribution is 2.36. The van der Waals surface area contributed by atoms with Crippen LogP contribution in [0.15, 0.2) is 30.3 Å². The van der Waals surface area contributed by atoms with E-state index in [0.29, 0.717) is 74.9 Å². The van der Waals surface area contributed by atoms with Gasteiger partial charge in [0.2, 0.25) is 0 Å². The number of unbranched alkanes of at least 4 members (excludes halogenated alkanes) is 2. The number of benzene rings is 2. The van der Waals surface area contributed by atoms with E-state index < -0.39 is 0 Å². The molecule has 9 heteroatoms. The number of methoxy groups -OCH3 is 2. The number of ketones is 1. The summed E-state index contributed by atoms with van der Waals surface area (Å²) >= 11 is 0. The molecule has 2 aromatic rings. The first-order valence-electron chi connectivity index (χ1n) is 14.4. The molecular weight excluding hydrogens is 528 g/mol. The van der Waals surface area contributed by atoms with Crippen molar-refractivity contribution in [3.8, 4) is 23.0 Å². The number of ether oxygens (including phenoxy) is 6. The van der Waals surface area contributed by atoms with Crippen LogP contribution in [0, 0.1) is 0 Å². The normalized spacial score (nSPS) is 12.2. The van der Waals surface area contributed by atoms with Gasteiger partial charge in [-0.25, -0.2) is 0 Å². The molecule has 41 heavy (non-hydrogen) atoms. The van der Waals surface area contributed by atoms with Crippen molar-refractivity contribution >= 4 is 17.7 Å². The van der Waals surface area contributed by atoms with Gasteiger partial charge in [-0.2, -0.15) is 0 Å². The molecular formula is C32H42O9. The zero-order chi connectivity index (χ0) is 29.5. The van der Waals surface area contributed by atoms with Crippen LogP contribution in [0.3, 0.4) is 0 Å². The molecule has 0 saturated carbocycles. The Morgan fingerprint density at radius 1 is 0.805 bits per heavy atom. The summed E-state index contributed by atoms with van der Waals surface area (Å²) in [5.74, 6) is 2.36. The van der Waals surface area contributed by atoms with Gasteiger partial charge in [-0.05, 0) is 62.3 Å². The first-order chi connectivity index (χ1) is 20.0. The minimum Gasteiger partial charge on any atom is -0.493 e. The van der Waals surface area contributed by atoms with Crippen LogP contribution in [0.4, 0.5) is 0 Å². The van der Waals surface area contributed by atoms with E-state index >= 15 is 0 Å². The van der Waals surface area contributed by atoms with E-state index in [1.807, 2.05) is 30.3 Å². The summed E-state index contributed by atoms with van der Waals surface area (Å²) in [6, 6.07) is 9.26. The minimum atomic E-state index is -0.279. The number of carbonyl (C=O) groups is 3. The molecule has 0 unspecified atom stereocenters. The summed E-state index contributed by atoms with van der Waals surface area (Å²) < 4.78 is 33.3. The Hall–Kier alpha value is -3.75. The van der Waals surface area contributed by atoms with Crippen molar-refractivity contribution in [3.05, 3.63) is 47.0 Å². The highest BCUT2D eigenvalue weighted by Gasteiger charge is 2.23. The molecule has 1 aliphatic rings. The van der Waals surface area contributed by atoms with Gasteiger partial charge in [0.25, 0.3) is 0 Å². The Kier molecular flexibility index (Phi) is 13.3. The quantitative estimate of drug-likeness (QED) is 0.165. The van der Waals surface area contributed by atoms with E-state index in [1.54, 1.807) is 0 Å². The fourth-order valence-electron chi connectivity index (χ4n) is 4.55. The zero-order valence-corrected chi connectivity index (χ0v) is 24.5. The molecule has 2 aromatic carbocycles. The summed E-state index contributed by atoms with van der Waals surface area (Å²) in [4.78, 5) is 35.2. The Morgan fingerprint density at radius 3 is 2.24 bits per heavy atom. The summed E-state index contributed by atoms with van der Waals surface area (Å²) in [7, 11) is 2.74. The van der Waals surface area contributed by atoms with Crippen molar-refractivity contribution in [1.29, 1.82) is 0 Å². The summed E-state index contributed by atoms with van der Waals surface area (Å²) in [5.41, 5.74) is 2.54. The van der Waals surface area contributed by atoms with Crippen molar-refractivity contribution in [1.82, 2.24) is 0 Å². The molecule has 0 amide bonds. The first-order valence-corrected chi connectivity index (χ1v) is 14.4. The smallest absolute Gasteiger partial charge is 0.305 e. The monoisotopic (exact) mass is 570 g/mol. The molecule has 9 nitrogen and oxygen atoms in total. The lowest BCUT2D eigenvalue weighted by molar-refractivity contribution is -0.141. The highest BCUT2D eigenvalue weighted by atomic mass is 16.5. The largest absolute Gasteiger partial charge is 0.493 e. The van der Waals surface area contributed by atoms with Gasteiger partial charge in [0, 0.05) is 30.9 Å². The van der Waals surface area contributed by atoms with E-state index in [4.69, 9.17) is 23.7 Å². The fraction of sp³-hybridized carbons (Fsp3) is 0.531. The number of aryl methyl sites for hydroxylation is 1. The second-order valence-electron chi connectivity index (χ2n) is 9.82. The minimum absolute atomic E-state index is 0.124. The third kappa shape index (κ3) is 9.99. The van der Waals surface area contributed by atoms with Gasteiger partial charge >= 0.3 is 11.9 Å². The van der Waals surface area contributed by atoms with E-state index in [-0.39, 0.29) is 24.1 Å². The Labute approximate surface area is 242 Å². The third-order valence-electron chi connectivity index (χ3n) is 6.78. The second kappa shape index (κ2) is 17.1. The van der Waals surface area contributed by atoms with Crippen LogP contribution in [0.5, 0.6) is 23.0 Å². The summed E-state index contributed by atoms with van der Waals surface area (Å²) in [6.07, 6.45) is 6.32. The molecule has 0 saturated heterocycles. The van der Waals surface area contributed by atoms with E-state index in [0.717, 1.165) is 49.0 Å². The number of esters is 2. The molecule has 224 valence electrons. The van der Waals surface area contributed by atoms with Gasteiger partial charge in [0.1, 0.15) is 23.0 Å². The van der Waals surface area contributed by atoms with Crippen LogP contribution in [0.1, 0.15) is 79.8 Å². The van der Waals surface area contributed by atoms with Gasteiger partial charge in [-0.15, -0.1) is 0 Å². The predicted octanol–water partition coefficient (Wildman–Crippen LogP) is 5.67. The molecule has 0 bridgehead atoms. The summed E-state index contributed by atoms with van der Waals surface area (Å²) in [6.45, 7) is 3.96. The lowest BCUT2D eigenvalue weighted by atomic mass is 9.98. The highest BCUT2D eigenvalue weighted by molar-refractivity contribution is 6.00. The Balaban J connectivity index is 1.48. The van der Waals surface area contributed by atoms with Crippen LogP contribution in [0.25, 0.3) is 0 Å². The first kappa shape index (κ1) is 31.8. The van der Waals surface area contributed by atoms with Crippen molar-refractivity contribution in [2.75, 3.05) is 40.6 Å². The Morgan fingerprint density at radius 2 is 1.51 bits per heavy atom. The number of carbonyl (C=O) groups excluding carboxylic acids is 3. The molecule has 0 aromatic heterocycles. The molecule has 0 radical (unpaired) electrons. The second-order valence-corrected chi connectivity index (χ2v) is 9.82. The number of Topliss-reactive ketones (excluding diaryl/α,β-unsaturated/α-hetero) is 1. The van der Waals surface area contributed by atoms with Crippen LogP contribution < -0.4 is 18.9 Å². The average molecular weight is 571 g/mol. The zero-order valence-electron chi connectivity index (χ0n) is 24.5. The number of hydrogen-bond acceptors (Lipinski definition) is 9. The molecule has 0 spiro atoms. The van der Waals surface area contributed by atoms with Gasteiger partial charge in [-0.3, -0.25) is 14.4 Å². The molecule has 1 heterocycles. The number of rotatable bonds is 18. The molecule has 3 rings (SSSR count). The van der Waals surface area contributed by atoms with Gasteiger partial charge < -0.3 is 28.4 Å². The van der Waals surface area contributed by atoms with Crippen LogP contribution >= 0.6 is 0 Å². The van der Waals surface area contributed by atoms with Crippen LogP contribution in [0.2, 0.25) is 0 Å². The maximum atomic E-state index is 12.3. The number of hydrogen-bond donors (Lipinski definition) is 0. The molecule has 0 fully saturated rings. The number of fused-ring (bicyclic) bond motifs is 1. The van der Waals surface area contributed by atoms with Gasteiger partial charge in [0.05, 0.1) is 46.2 Å². The summed E-state index contributed by atoms with van der Waals surface area (Å²) in [5, 5.41) is 0. The molecule has 0 atom stereocenters. The third-order valence-corrected chi connectivity index (χ3v) is 6.78. The van der Waals surface area contributed by atoms with Crippen LogP contribution in [-0.4, -0.2) is 58.4 Å². The maximum absolute atomic E-state index is 12.3. The average Bonchev–Trinajstić information content (AvgIpc) is 2.99. The maximum Gasteiger partial charge on any atom is 0.305 e. The van der Waals surface area contributed by atoms with Crippen molar-refractivity contribution in [3.63, 3.8) is 0 Å². The standard InChI is InChI=1S/C32H42O9/c1-4-9-26-28(15-14-25-27(33)17-21-41-32(25)26)39-18-6-5-7-19-40-29-22-24(38-20-8-10-30(34)36-2)13-11-23(29)12-16-31(35)37-3/h11,13-15,22H,4-10,12,16-21H2,1-3H3. The SMILES string of the molecule is CCCc1c(OCCCCCOc2cc(OCCCC(=O)OC)ccc2CCC(=O)OC)ccc2c1OCCC2=O. The van der Waals surface area contributed by atoms with Crippen LogP contribution in [-0.2, 0) is 31.9 Å². The van der Waals surface area contributed by atoms with E-state index in [9.17, 15) is 14.4 Å². The van der Waals surface area contributed by atoms with Crippen molar-refractivity contribution in [2.45, 2.75) is 71.1 Å².